The second-order valence-corrected chi connectivity index (χ2v) is 5.66. The second-order valence-electron chi connectivity index (χ2n) is 5.25. The fourth-order valence-corrected chi connectivity index (χ4v) is 3.18. The first kappa shape index (κ1) is 15.7. The molecule has 114 valence electrons. The van der Waals surface area contributed by atoms with Gasteiger partial charge in [0.05, 0.1) is 9.95 Å². The fraction of sp³-hybridized carbons (Fsp3) is 0.500. The van der Waals surface area contributed by atoms with Crippen molar-refractivity contribution >= 4 is 23.3 Å². The summed E-state index contributed by atoms with van der Waals surface area (Å²) in [6, 6.07) is 4.30. The van der Waals surface area contributed by atoms with Gasteiger partial charge in [0.1, 0.15) is 5.54 Å². The van der Waals surface area contributed by atoms with E-state index in [1.165, 1.54) is 12.1 Å². The summed E-state index contributed by atoms with van der Waals surface area (Å²) in [5.74, 6) is -0.819. The molecule has 1 atom stereocenters. The van der Waals surface area contributed by atoms with E-state index < -0.39 is 16.4 Å². The maximum Gasteiger partial charge on any atom is 0.324 e. The molecule has 1 aromatic carbocycles. The lowest BCUT2D eigenvalue weighted by Crippen LogP contribution is -2.49. The van der Waals surface area contributed by atoms with E-state index in [1.54, 1.807) is 6.07 Å². The smallest absolute Gasteiger partial charge is 0.324 e. The van der Waals surface area contributed by atoms with Crippen LogP contribution in [0, 0.1) is 10.1 Å². The van der Waals surface area contributed by atoms with Crippen molar-refractivity contribution in [3.8, 4) is 0 Å². The van der Waals surface area contributed by atoms with Crippen molar-refractivity contribution < 1.29 is 14.8 Å². The van der Waals surface area contributed by atoms with Gasteiger partial charge in [-0.1, -0.05) is 18.5 Å². The summed E-state index contributed by atoms with van der Waals surface area (Å²) in [6.07, 6.45) is 1.96. The molecule has 21 heavy (non-hydrogen) atoms. The van der Waals surface area contributed by atoms with Crippen LogP contribution in [-0.2, 0) is 11.3 Å². The number of nitro groups is 1. The maximum atomic E-state index is 11.6. The van der Waals surface area contributed by atoms with Gasteiger partial charge in [0.2, 0.25) is 0 Å². The number of carbonyl (C=O) groups is 1. The van der Waals surface area contributed by atoms with Crippen LogP contribution < -0.4 is 0 Å². The molecule has 1 aliphatic heterocycles. The Balaban J connectivity index is 2.25. The monoisotopic (exact) mass is 312 g/mol. The average Bonchev–Trinajstić information content (AvgIpc) is 2.84. The molecule has 0 bridgehead atoms. The number of hydrogen-bond acceptors (Lipinski definition) is 4. The van der Waals surface area contributed by atoms with E-state index >= 15 is 0 Å². The molecule has 1 aromatic rings. The number of nitrogens with zero attached hydrogens (tertiary/aromatic N) is 2. The largest absolute Gasteiger partial charge is 0.480 e. The summed E-state index contributed by atoms with van der Waals surface area (Å²) in [6.45, 7) is 2.94. The molecule has 0 aliphatic carbocycles. The van der Waals surface area contributed by atoms with Gasteiger partial charge in [-0.15, -0.1) is 0 Å². The summed E-state index contributed by atoms with van der Waals surface area (Å²) >= 11 is 6.09. The van der Waals surface area contributed by atoms with Gasteiger partial charge < -0.3 is 5.11 Å². The number of carboxylic acids is 1. The van der Waals surface area contributed by atoms with Crippen LogP contribution >= 0.6 is 11.6 Å². The minimum atomic E-state index is -0.856. The summed E-state index contributed by atoms with van der Waals surface area (Å²) in [5.41, 5.74) is -0.209. The van der Waals surface area contributed by atoms with Crippen LogP contribution in [0.2, 0.25) is 5.02 Å². The molecule has 0 amide bonds. The molecule has 1 fully saturated rings. The van der Waals surface area contributed by atoms with Crippen LogP contribution in [0.5, 0.6) is 0 Å². The molecule has 1 N–H and O–H groups in total. The van der Waals surface area contributed by atoms with Crippen LogP contribution in [0.1, 0.15) is 31.7 Å². The van der Waals surface area contributed by atoms with Crippen LogP contribution in [0.25, 0.3) is 0 Å². The van der Waals surface area contributed by atoms with Crippen LogP contribution in [0.15, 0.2) is 18.2 Å². The van der Waals surface area contributed by atoms with Crippen molar-refractivity contribution in [3.05, 3.63) is 38.9 Å². The quantitative estimate of drug-likeness (QED) is 0.667. The Morgan fingerprint density at radius 1 is 1.57 bits per heavy atom. The molecule has 1 unspecified atom stereocenters. The van der Waals surface area contributed by atoms with E-state index in [2.05, 4.69) is 0 Å². The van der Waals surface area contributed by atoms with Gasteiger partial charge >= 0.3 is 5.97 Å². The van der Waals surface area contributed by atoms with E-state index in [0.717, 1.165) is 6.42 Å². The average molecular weight is 313 g/mol. The molecule has 0 aromatic heterocycles. The summed E-state index contributed by atoms with van der Waals surface area (Å²) in [7, 11) is 0. The van der Waals surface area contributed by atoms with Crippen molar-refractivity contribution in [1.29, 1.82) is 0 Å². The Hall–Kier alpha value is -1.66. The number of likely N-dealkylation sites (tertiary alicyclic amines) is 1. The van der Waals surface area contributed by atoms with Crippen molar-refractivity contribution in [1.82, 2.24) is 4.90 Å². The van der Waals surface area contributed by atoms with Gasteiger partial charge in [0.15, 0.2) is 0 Å². The lowest BCUT2D eigenvalue weighted by molar-refractivity contribution is -0.384. The number of hydrogen-bond donors (Lipinski definition) is 1. The summed E-state index contributed by atoms with van der Waals surface area (Å²) < 4.78 is 0. The molecule has 7 heteroatoms. The zero-order valence-corrected chi connectivity index (χ0v) is 12.5. The third kappa shape index (κ3) is 2.87. The zero-order chi connectivity index (χ0) is 15.6. The molecule has 2 rings (SSSR count). The standard InChI is InChI=1S/C14H17ClN2O4/c1-2-14(13(18)19)6-3-7-16(14)9-10-4-5-11(17(20)21)8-12(10)15/h4-5,8H,2-3,6-7,9H2,1H3,(H,18,19). The first-order chi connectivity index (χ1) is 9.90. The van der Waals surface area contributed by atoms with Gasteiger partial charge in [0.25, 0.3) is 5.69 Å². The zero-order valence-electron chi connectivity index (χ0n) is 11.7. The number of halogens is 1. The van der Waals surface area contributed by atoms with E-state index in [9.17, 15) is 20.0 Å². The van der Waals surface area contributed by atoms with Crippen molar-refractivity contribution in [2.75, 3.05) is 6.54 Å². The lowest BCUT2D eigenvalue weighted by atomic mass is 9.92. The number of nitro benzene ring substituents is 1. The highest BCUT2D eigenvalue weighted by molar-refractivity contribution is 6.31. The van der Waals surface area contributed by atoms with Gasteiger partial charge in [-0.2, -0.15) is 0 Å². The van der Waals surface area contributed by atoms with Gasteiger partial charge in [-0.25, -0.2) is 0 Å². The molecule has 1 saturated heterocycles. The Morgan fingerprint density at radius 2 is 2.29 bits per heavy atom. The van der Waals surface area contributed by atoms with Crippen molar-refractivity contribution in [2.45, 2.75) is 38.3 Å². The van der Waals surface area contributed by atoms with Gasteiger partial charge in [-0.05, 0) is 37.4 Å². The first-order valence-electron chi connectivity index (χ1n) is 6.82. The number of rotatable bonds is 5. The first-order valence-corrected chi connectivity index (χ1v) is 7.20. The predicted molar refractivity (Wildman–Crippen MR) is 78.4 cm³/mol. The maximum absolute atomic E-state index is 11.6. The molecule has 0 saturated carbocycles. The Morgan fingerprint density at radius 3 is 2.81 bits per heavy atom. The summed E-state index contributed by atoms with van der Waals surface area (Å²) in [4.78, 5) is 23.7. The van der Waals surface area contributed by atoms with Crippen LogP contribution in [0.4, 0.5) is 5.69 Å². The third-order valence-electron chi connectivity index (χ3n) is 4.22. The number of benzene rings is 1. The molecule has 1 aliphatic rings. The van der Waals surface area contributed by atoms with E-state index in [-0.39, 0.29) is 5.69 Å². The molecule has 6 nitrogen and oxygen atoms in total. The minimum Gasteiger partial charge on any atom is -0.480 e. The summed E-state index contributed by atoms with van der Waals surface area (Å²) in [5, 5.41) is 20.5. The van der Waals surface area contributed by atoms with Gasteiger partial charge in [0, 0.05) is 18.7 Å². The SMILES string of the molecule is CCC1(C(=O)O)CCCN1Cc1ccc([N+](=O)[O-])cc1Cl. The minimum absolute atomic E-state index is 0.0647. The highest BCUT2D eigenvalue weighted by Gasteiger charge is 2.46. The number of aliphatic carboxylic acids is 1. The normalized spacial score (nSPS) is 22.4. The molecule has 1 heterocycles. The van der Waals surface area contributed by atoms with Crippen molar-refractivity contribution in [2.24, 2.45) is 0 Å². The van der Waals surface area contributed by atoms with Gasteiger partial charge in [-0.3, -0.25) is 19.8 Å². The lowest BCUT2D eigenvalue weighted by Gasteiger charge is -2.34. The fourth-order valence-electron chi connectivity index (χ4n) is 2.94. The van der Waals surface area contributed by atoms with Crippen LogP contribution in [-0.4, -0.2) is 33.0 Å². The Bertz CT molecular complexity index is 578. The predicted octanol–water partition coefficient (Wildman–Crippen LogP) is 3.08. The Labute approximate surface area is 127 Å². The van der Waals surface area contributed by atoms with Crippen molar-refractivity contribution in [3.63, 3.8) is 0 Å². The second kappa shape index (κ2) is 5.99. The van der Waals surface area contributed by atoms with Crippen LogP contribution in [0.3, 0.4) is 0 Å². The topological polar surface area (TPSA) is 83.7 Å². The third-order valence-corrected chi connectivity index (χ3v) is 4.57. The molecule has 0 radical (unpaired) electrons. The highest BCUT2D eigenvalue weighted by atomic mass is 35.5. The Kier molecular flexibility index (Phi) is 4.49. The number of carboxylic acid groups (broad SMARTS) is 1. The molecular formula is C14H17ClN2O4. The molecule has 0 spiro atoms. The highest BCUT2D eigenvalue weighted by Crippen LogP contribution is 2.35. The van der Waals surface area contributed by atoms with E-state index in [1.807, 2.05) is 11.8 Å². The van der Waals surface area contributed by atoms with E-state index in [0.29, 0.717) is 36.5 Å². The number of non-ortho nitro benzene ring substituents is 1. The molecular weight excluding hydrogens is 296 g/mol. The van der Waals surface area contributed by atoms with E-state index in [4.69, 9.17) is 11.6 Å².